The number of ether oxygens (including phenoxy) is 2. The zero-order valence-corrected chi connectivity index (χ0v) is 16.3. The van der Waals surface area contributed by atoms with Gasteiger partial charge in [0.25, 0.3) is 5.91 Å². The van der Waals surface area contributed by atoms with Crippen LogP contribution in [0.3, 0.4) is 0 Å². The number of methoxy groups -OCH3 is 1. The van der Waals surface area contributed by atoms with Gasteiger partial charge in [-0.1, -0.05) is 18.2 Å². The molecule has 0 fully saturated rings. The van der Waals surface area contributed by atoms with Gasteiger partial charge in [0.1, 0.15) is 5.75 Å². The van der Waals surface area contributed by atoms with Crippen molar-refractivity contribution in [2.45, 2.75) is 19.4 Å². The molecule has 3 aromatic rings. The van der Waals surface area contributed by atoms with Crippen LogP contribution in [-0.2, 0) is 16.1 Å². The van der Waals surface area contributed by atoms with Gasteiger partial charge in [-0.3, -0.25) is 9.59 Å². The Morgan fingerprint density at radius 1 is 1.07 bits per heavy atom. The molecule has 0 saturated heterocycles. The smallest absolute Gasteiger partial charge is 0.303 e. The van der Waals surface area contributed by atoms with E-state index in [0.717, 1.165) is 10.9 Å². The summed E-state index contributed by atoms with van der Waals surface area (Å²) < 4.78 is 12.7. The number of carboxylic acid groups (broad SMARTS) is 1. The van der Waals surface area contributed by atoms with Crippen molar-refractivity contribution in [3.8, 4) is 5.75 Å². The summed E-state index contributed by atoms with van der Waals surface area (Å²) in [4.78, 5) is 23.3. The van der Waals surface area contributed by atoms with Crippen LogP contribution < -0.4 is 10.1 Å². The quantitative estimate of drug-likeness (QED) is 0.509. The summed E-state index contributed by atoms with van der Waals surface area (Å²) in [6.45, 7) is 1.56. The van der Waals surface area contributed by atoms with Crippen molar-refractivity contribution in [3.05, 3.63) is 60.3 Å². The van der Waals surface area contributed by atoms with Crippen LogP contribution in [0.1, 0.15) is 23.2 Å². The van der Waals surface area contributed by atoms with E-state index in [4.69, 9.17) is 14.6 Å². The van der Waals surface area contributed by atoms with Crippen molar-refractivity contribution in [1.29, 1.82) is 0 Å². The number of hydrogen-bond donors (Lipinski definition) is 2. The average molecular weight is 396 g/mol. The number of amides is 1. The van der Waals surface area contributed by atoms with E-state index >= 15 is 0 Å². The van der Waals surface area contributed by atoms with E-state index in [9.17, 15) is 9.59 Å². The minimum atomic E-state index is -0.838. The van der Waals surface area contributed by atoms with Crippen LogP contribution in [0.4, 0.5) is 5.69 Å². The van der Waals surface area contributed by atoms with Gasteiger partial charge >= 0.3 is 5.97 Å². The van der Waals surface area contributed by atoms with Crippen LogP contribution >= 0.6 is 0 Å². The van der Waals surface area contributed by atoms with Gasteiger partial charge in [0, 0.05) is 42.9 Å². The van der Waals surface area contributed by atoms with E-state index in [0.29, 0.717) is 43.2 Å². The van der Waals surface area contributed by atoms with Crippen LogP contribution in [-0.4, -0.2) is 41.9 Å². The zero-order chi connectivity index (χ0) is 20.6. The molecule has 0 aliphatic rings. The van der Waals surface area contributed by atoms with Crippen LogP contribution in [0.25, 0.3) is 10.9 Å². The Balaban J connectivity index is 1.66. The third-order valence-corrected chi connectivity index (χ3v) is 4.49. The first kappa shape index (κ1) is 20.4. The van der Waals surface area contributed by atoms with Gasteiger partial charge in [-0.15, -0.1) is 0 Å². The van der Waals surface area contributed by atoms with E-state index in [1.165, 1.54) is 0 Å². The van der Waals surface area contributed by atoms with Crippen molar-refractivity contribution >= 4 is 28.5 Å². The summed E-state index contributed by atoms with van der Waals surface area (Å²) >= 11 is 0. The molecule has 0 saturated carbocycles. The number of carboxylic acids is 1. The number of para-hydroxylation sites is 1. The highest BCUT2D eigenvalue weighted by Gasteiger charge is 2.15. The molecule has 7 heteroatoms. The summed E-state index contributed by atoms with van der Waals surface area (Å²) in [5, 5.41) is 12.4. The molecule has 29 heavy (non-hydrogen) atoms. The maximum atomic E-state index is 12.8. The number of carbonyl (C=O) groups excluding carboxylic acids is 1. The van der Waals surface area contributed by atoms with Gasteiger partial charge in [-0.25, -0.2) is 0 Å². The van der Waals surface area contributed by atoms with E-state index < -0.39 is 5.97 Å². The monoisotopic (exact) mass is 396 g/mol. The minimum Gasteiger partial charge on any atom is -0.494 e. The number of rotatable bonds is 10. The Hall–Kier alpha value is -3.32. The van der Waals surface area contributed by atoms with E-state index in [1.807, 2.05) is 35.0 Å². The molecule has 2 aromatic carbocycles. The Labute approximate surface area is 168 Å². The molecule has 0 spiro atoms. The lowest BCUT2D eigenvalue weighted by Gasteiger charge is -2.08. The van der Waals surface area contributed by atoms with Crippen LogP contribution in [0.2, 0.25) is 0 Å². The van der Waals surface area contributed by atoms with Crippen LogP contribution in [0.5, 0.6) is 5.75 Å². The first-order valence-corrected chi connectivity index (χ1v) is 9.41. The number of fused-ring (bicyclic) bond motifs is 1. The Morgan fingerprint density at radius 2 is 1.83 bits per heavy atom. The Bertz CT molecular complexity index is 979. The molecule has 0 atom stereocenters. The molecule has 3 rings (SSSR count). The van der Waals surface area contributed by atoms with E-state index in [-0.39, 0.29) is 12.3 Å². The molecule has 0 aliphatic carbocycles. The second kappa shape index (κ2) is 9.75. The highest BCUT2D eigenvalue weighted by molar-refractivity contribution is 6.13. The lowest BCUT2D eigenvalue weighted by molar-refractivity contribution is -0.137. The van der Waals surface area contributed by atoms with E-state index in [2.05, 4.69) is 5.32 Å². The van der Waals surface area contributed by atoms with Gasteiger partial charge in [0.05, 0.1) is 18.8 Å². The SMILES string of the molecule is COCCn1cc(C(=O)Nc2ccc(OCCCC(=O)O)cc2)c2ccccc21. The highest BCUT2D eigenvalue weighted by atomic mass is 16.5. The molecule has 0 radical (unpaired) electrons. The fraction of sp³-hybridized carbons (Fsp3) is 0.273. The predicted octanol–water partition coefficient (Wildman–Crippen LogP) is 3.78. The number of anilines is 1. The first-order chi connectivity index (χ1) is 14.1. The number of benzene rings is 2. The number of nitrogens with one attached hydrogen (secondary N) is 1. The zero-order valence-electron chi connectivity index (χ0n) is 16.3. The number of aromatic nitrogens is 1. The number of carbonyl (C=O) groups is 2. The normalized spacial score (nSPS) is 10.8. The predicted molar refractivity (Wildman–Crippen MR) is 111 cm³/mol. The summed E-state index contributed by atoms with van der Waals surface area (Å²) in [5.41, 5.74) is 2.24. The van der Waals surface area contributed by atoms with Gasteiger partial charge in [-0.05, 0) is 36.8 Å². The Kier molecular flexibility index (Phi) is 6.86. The summed E-state index contributed by atoms with van der Waals surface area (Å²) in [7, 11) is 1.65. The molecule has 0 bridgehead atoms. The average Bonchev–Trinajstić information content (AvgIpc) is 3.09. The number of nitrogens with zero attached hydrogens (tertiary/aromatic N) is 1. The Morgan fingerprint density at radius 3 is 2.55 bits per heavy atom. The summed E-state index contributed by atoms with van der Waals surface area (Å²) in [6, 6.07) is 14.8. The minimum absolute atomic E-state index is 0.0755. The maximum Gasteiger partial charge on any atom is 0.303 e. The summed E-state index contributed by atoms with van der Waals surface area (Å²) in [6.07, 6.45) is 2.37. The molecule has 0 unspecified atom stereocenters. The standard InChI is InChI=1S/C22H24N2O5/c1-28-14-12-24-15-19(18-5-2-3-6-20(18)24)22(27)23-16-8-10-17(11-9-16)29-13-4-7-21(25)26/h2-3,5-6,8-11,15H,4,7,12-14H2,1H3,(H,23,27)(H,25,26). The topological polar surface area (TPSA) is 89.8 Å². The first-order valence-electron chi connectivity index (χ1n) is 9.41. The molecule has 2 N–H and O–H groups in total. The van der Waals surface area contributed by atoms with Gasteiger partial charge in [0.15, 0.2) is 0 Å². The fourth-order valence-corrected chi connectivity index (χ4v) is 3.05. The molecular weight excluding hydrogens is 372 g/mol. The fourth-order valence-electron chi connectivity index (χ4n) is 3.05. The number of aliphatic carboxylic acids is 1. The van der Waals surface area contributed by atoms with Crippen molar-refractivity contribution in [2.75, 3.05) is 25.6 Å². The second-order valence-electron chi connectivity index (χ2n) is 6.57. The lowest BCUT2D eigenvalue weighted by atomic mass is 10.1. The molecule has 152 valence electrons. The highest BCUT2D eigenvalue weighted by Crippen LogP contribution is 2.23. The maximum absolute atomic E-state index is 12.8. The van der Waals surface area contributed by atoms with Crippen molar-refractivity contribution in [1.82, 2.24) is 4.57 Å². The van der Waals surface area contributed by atoms with Crippen molar-refractivity contribution < 1.29 is 24.2 Å². The van der Waals surface area contributed by atoms with Gasteiger partial charge in [0.2, 0.25) is 0 Å². The molecule has 0 aliphatic heterocycles. The molecule has 1 heterocycles. The lowest BCUT2D eigenvalue weighted by Crippen LogP contribution is -2.11. The molecule has 7 nitrogen and oxygen atoms in total. The molecular formula is C22H24N2O5. The number of hydrogen-bond acceptors (Lipinski definition) is 4. The van der Waals surface area contributed by atoms with E-state index in [1.54, 1.807) is 31.4 Å². The van der Waals surface area contributed by atoms with Crippen LogP contribution in [0.15, 0.2) is 54.7 Å². The van der Waals surface area contributed by atoms with Gasteiger partial charge < -0.3 is 24.5 Å². The third-order valence-electron chi connectivity index (χ3n) is 4.49. The van der Waals surface area contributed by atoms with Gasteiger partial charge in [-0.2, -0.15) is 0 Å². The van der Waals surface area contributed by atoms with Crippen molar-refractivity contribution in [2.24, 2.45) is 0 Å². The van der Waals surface area contributed by atoms with Crippen LogP contribution in [0, 0.1) is 0 Å². The summed E-state index contributed by atoms with van der Waals surface area (Å²) in [5.74, 6) is -0.396. The molecule has 1 amide bonds. The molecule has 1 aromatic heterocycles. The third kappa shape index (κ3) is 5.36. The van der Waals surface area contributed by atoms with Crippen molar-refractivity contribution in [3.63, 3.8) is 0 Å². The second-order valence-corrected chi connectivity index (χ2v) is 6.57. The largest absolute Gasteiger partial charge is 0.494 e.